The van der Waals surface area contributed by atoms with E-state index in [-0.39, 0.29) is 24.3 Å². The molecule has 1 aliphatic rings. The SMILES string of the molecule is O=C1S/C(=C\c2ccccc2Cl)C(=O)N1CCOc1ccccc1Cl. The molecule has 0 spiro atoms. The van der Waals surface area contributed by atoms with E-state index in [0.29, 0.717) is 26.3 Å². The van der Waals surface area contributed by atoms with Crippen LogP contribution in [0, 0.1) is 0 Å². The van der Waals surface area contributed by atoms with Crippen LogP contribution in [0.4, 0.5) is 4.79 Å². The summed E-state index contributed by atoms with van der Waals surface area (Å²) < 4.78 is 5.54. The first-order chi connectivity index (χ1) is 12.1. The van der Waals surface area contributed by atoms with Crippen molar-refractivity contribution < 1.29 is 14.3 Å². The van der Waals surface area contributed by atoms with Gasteiger partial charge in [-0.05, 0) is 41.6 Å². The fourth-order valence-electron chi connectivity index (χ4n) is 2.23. The molecule has 2 amide bonds. The van der Waals surface area contributed by atoms with Gasteiger partial charge in [0.1, 0.15) is 12.4 Å². The smallest absolute Gasteiger partial charge is 0.293 e. The molecule has 7 heteroatoms. The van der Waals surface area contributed by atoms with Crippen molar-refractivity contribution in [1.82, 2.24) is 4.90 Å². The lowest BCUT2D eigenvalue weighted by Crippen LogP contribution is -2.32. The van der Waals surface area contributed by atoms with E-state index in [2.05, 4.69) is 0 Å². The fourth-order valence-corrected chi connectivity index (χ4v) is 3.47. The van der Waals surface area contributed by atoms with Crippen LogP contribution in [0.15, 0.2) is 53.4 Å². The van der Waals surface area contributed by atoms with Gasteiger partial charge in [-0.15, -0.1) is 0 Å². The monoisotopic (exact) mass is 393 g/mol. The lowest BCUT2D eigenvalue weighted by Gasteiger charge is -2.13. The van der Waals surface area contributed by atoms with E-state index in [9.17, 15) is 9.59 Å². The predicted octanol–water partition coefficient (Wildman–Crippen LogP) is 5.11. The van der Waals surface area contributed by atoms with Crippen LogP contribution in [0.1, 0.15) is 5.56 Å². The zero-order valence-electron chi connectivity index (χ0n) is 12.9. The van der Waals surface area contributed by atoms with Crippen LogP contribution in [-0.4, -0.2) is 29.2 Å². The standard InChI is InChI=1S/C18H13Cl2NO3S/c19-13-6-2-1-5-12(13)11-16-17(22)21(18(23)25-16)9-10-24-15-8-4-3-7-14(15)20/h1-8,11H,9-10H2/b16-11-. The van der Waals surface area contributed by atoms with Gasteiger partial charge in [-0.1, -0.05) is 53.5 Å². The first-order valence-electron chi connectivity index (χ1n) is 7.43. The molecule has 0 radical (unpaired) electrons. The lowest BCUT2D eigenvalue weighted by molar-refractivity contribution is -0.123. The number of hydrogen-bond acceptors (Lipinski definition) is 4. The Labute approximate surface area is 159 Å². The molecule has 25 heavy (non-hydrogen) atoms. The average Bonchev–Trinajstić information content (AvgIpc) is 2.86. The van der Waals surface area contributed by atoms with Gasteiger partial charge in [0.25, 0.3) is 11.1 Å². The molecule has 0 aliphatic carbocycles. The van der Waals surface area contributed by atoms with E-state index in [1.54, 1.807) is 48.5 Å². The number of imide groups is 1. The van der Waals surface area contributed by atoms with Gasteiger partial charge in [0.15, 0.2) is 0 Å². The fraction of sp³-hybridized carbons (Fsp3) is 0.111. The molecule has 0 unspecified atom stereocenters. The number of nitrogens with zero attached hydrogens (tertiary/aromatic N) is 1. The zero-order chi connectivity index (χ0) is 17.8. The molecule has 1 saturated heterocycles. The molecular formula is C18H13Cl2NO3S. The zero-order valence-corrected chi connectivity index (χ0v) is 15.3. The molecule has 0 atom stereocenters. The Hall–Kier alpha value is -1.95. The van der Waals surface area contributed by atoms with Crippen molar-refractivity contribution in [2.45, 2.75) is 0 Å². The van der Waals surface area contributed by atoms with Gasteiger partial charge in [0.2, 0.25) is 0 Å². The molecule has 3 rings (SSSR count). The van der Waals surface area contributed by atoms with Crippen molar-refractivity contribution in [3.8, 4) is 5.75 Å². The first-order valence-corrected chi connectivity index (χ1v) is 9.01. The maximum Gasteiger partial charge on any atom is 0.293 e. The van der Waals surface area contributed by atoms with E-state index in [0.717, 1.165) is 16.7 Å². The van der Waals surface area contributed by atoms with Crippen LogP contribution in [-0.2, 0) is 4.79 Å². The van der Waals surface area contributed by atoms with Crippen molar-refractivity contribution in [3.05, 3.63) is 69.0 Å². The third-order valence-electron chi connectivity index (χ3n) is 3.47. The van der Waals surface area contributed by atoms with Gasteiger partial charge in [-0.25, -0.2) is 0 Å². The van der Waals surface area contributed by atoms with Crippen molar-refractivity contribution >= 4 is 52.2 Å². The molecule has 2 aromatic carbocycles. The largest absolute Gasteiger partial charge is 0.490 e. The van der Waals surface area contributed by atoms with E-state index in [4.69, 9.17) is 27.9 Å². The summed E-state index contributed by atoms with van der Waals surface area (Å²) in [5.74, 6) is 0.167. The Kier molecular flexibility index (Phi) is 5.68. The number of thioether (sulfide) groups is 1. The second kappa shape index (κ2) is 7.95. The number of amides is 2. The van der Waals surface area contributed by atoms with Gasteiger partial charge in [-0.3, -0.25) is 14.5 Å². The summed E-state index contributed by atoms with van der Waals surface area (Å²) in [6.45, 7) is 0.316. The lowest BCUT2D eigenvalue weighted by atomic mass is 10.2. The van der Waals surface area contributed by atoms with E-state index in [1.165, 1.54) is 0 Å². The minimum atomic E-state index is -0.349. The molecule has 1 fully saturated rings. The highest BCUT2D eigenvalue weighted by atomic mass is 35.5. The molecule has 2 aromatic rings. The van der Waals surface area contributed by atoms with Gasteiger partial charge in [0, 0.05) is 5.02 Å². The molecular weight excluding hydrogens is 381 g/mol. The number of rotatable bonds is 5. The summed E-state index contributed by atoms with van der Waals surface area (Å²) in [6, 6.07) is 14.2. The van der Waals surface area contributed by atoms with Crippen LogP contribution < -0.4 is 4.74 Å². The third kappa shape index (κ3) is 4.18. The summed E-state index contributed by atoms with van der Waals surface area (Å²) in [6.07, 6.45) is 1.63. The van der Waals surface area contributed by atoms with E-state index >= 15 is 0 Å². The highest BCUT2D eigenvalue weighted by Crippen LogP contribution is 2.33. The van der Waals surface area contributed by atoms with Crippen molar-refractivity contribution in [2.24, 2.45) is 0 Å². The van der Waals surface area contributed by atoms with Crippen molar-refractivity contribution in [3.63, 3.8) is 0 Å². The number of carbonyl (C=O) groups is 2. The minimum Gasteiger partial charge on any atom is -0.490 e. The summed E-state index contributed by atoms with van der Waals surface area (Å²) in [4.78, 5) is 26.0. The number of para-hydroxylation sites is 1. The van der Waals surface area contributed by atoms with E-state index < -0.39 is 0 Å². The number of halogens is 2. The Morgan fingerprint density at radius 3 is 2.40 bits per heavy atom. The summed E-state index contributed by atoms with van der Waals surface area (Å²) >= 11 is 13.0. The number of carbonyl (C=O) groups excluding carboxylic acids is 2. The maximum atomic E-state index is 12.4. The van der Waals surface area contributed by atoms with Crippen LogP contribution in [0.25, 0.3) is 6.08 Å². The van der Waals surface area contributed by atoms with Gasteiger partial charge in [0.05, 0.1) is 16.5 Å². The second-order valence-corrected chi connectivity index (χ2v) is 6.94. The molecule has 4 nitrogen and oxygen atoms in total. The molecule has 0 bridgehead atoms. The molecule has 0 saturated carbocycles. The Bertz CT molecular complexity index is 854. The van der Waals surface area contributed by atoms with Gasteiger partial charge >= 0.3 is 0 Å². The van der Waals surface area contributed by atoms with Crippen molar-refractivity contribution in [1.29, 1.82) is 0 Å². The third-order valence-corrected chi connectivity index (χ3v) is 5.04. The average molecular weight is 394 g/mol. The number of ether oxygens (including phenoxy) is 1. The van der Waals surface area contributed by atoms with Crippen LogP contribution in [0.2, 0.25) is 10.0 Å². The normalized spacial score (nSPS) is 15.9. The van der Waals surface area contributed by atoms with Crippen molar-refractivity contribution in [2.75, 3.05) is 13.2 Å². The summed E-state index contributed by atoms with van der Waals surface area (Å²) in [5, 5.41) is 0.678. The maximum absolute atomic E-state index is 12.4. The first kappa shape index (κ1) is 17.9. The summed E-state index contributed by atoms with van der Waals surface area (Å²) in [7, 11) is 0. The Morgan fingerprint density at radius 2 is 1.68 bits per heavy atom. The highest BCUT2D eigenvalue weighted by molar-refractivity contribution is 8.18. The molecule has 128 valence electrons. The van der Waals surface area contributed by atoms with Crippen LogP contribution in [0.5, 0.6) is 5.75 Å². The Balaban J connectivity index is 1.66. The predicted molar refractivity (Wildman–Crippen MR) is 101 cm³/mol. The van der Waals surface area contributed by atoms with Gasteiger partial charge < -0.3 is 4.74 Å². The van der Waals surface area contributed by atoms with Crippen LogP contribution >= 0.6 is 35.0 Å². The minimum absolute atomic E-state index is 0.149. The Morgan fingerprint density at radius 1 is 1.00 bits per heavy atom. The highest BCUT2D eigenvalue weighted by Gasteiger charge is 2.34. The second-order valence-electron chi connectivity index (χ2n) is 5.13. The number of hydrogen-bond donors (Lipinski definition) is 0. The summed E-state index contributed by atoms with van der Waals surface area (Å²) in [5.41, 5.74) is 0.696. The molecule has 0 aromatic heterocycles. The molecule has 0 N–H and O–H groups in total. The number of benzene rings is 2. The van der Waals surface area contributed by atoms with Crippen LogP contribution in [0.3, 0.4) is 0 Å². The quantitative estimate of drug-likeness (QED) is 0.662. The molecule has 1 aliphatic heterocycles. The topological polar surface area (TPSA) is 46.6 Å². The van der Waals surface area contributed by atoms with Gasteiger partial charge in [-0.2, -0.15) is 0 Å². The molecule has 1 heterocycles. The van der Waals surface area contributed by atoms with E-state index in [1.807, 2.05) is 6.07 Å².